The highest BCUT2D eigenvalue weighted by atomic mass is 16.2. The summed E-state index contributed by atoms with van der Waals surface area (Å²) in [5.74, 6) is 0.0196. The number of fused-ring (bicyclic) bond motifs is 2. The molecule has 2 aromatic carbocycles. The van der Waals surface area contributed by atoms with Crippen LogP contribution in [0.2, 0.25) is 0 Å². The zero-order valence-corrected chi connectivity index (χ0v) is 19.6. The Labute approximate surface area is 200 Å². The predicted molar refractivity (Wildman–Crippen MR) is 131 cm³/mol. The number of hydrogen-bond acceptors (Lipinski definition) is 4. The van der Waals surface area contributed by atoms with Crippen molar-refractivity contribution < 1.29 is 9.59 Å². The van der Waals surface area contributed by atoms with Crippen LogP contribution in [-0.4, -0.2) is 62.8 Å². The van der Waals surface area contributed by atoms with Gasteiger partial charge in [0.25, 0.3) is 5.91 Å². The number of likely N-dealkylation sites (tertiary alicyclic amines) is 1. The molecule has 174 valence electrons. The van der Waals surface area contributed by atoms with Crippen molar-refractivity contribution in [3.63, 3.8) is 0 Å². The number of amides is 3. The highest BCUT2D eigenvalue weighted by Gasteiger charge is 2.59. The number of pyridine rings is 1. The van der Waals surface area contributed by atoms with E-state index in [9.17, 15) is 9.59 Å². The zero-order chi connectivity index (χ0) is 23.3. The fourth-order valence-corrected chi connectivity index (χ4v) is 6.33. The highest BCUT2D eigenvalue weighted by molar-refractivity contribution is 6.07. The van der Waals surface area contributed by atoms with Crippen LogP contribution in [0.1, 0.15) is 36.5 Å². The van der Waals surface area contributed by atoms with Crippen LogP contribution in [0.5, 0.6) is 0 Å². The predicted octanol–water partition coefficient (Wildman–Crippen LogP) is 4.02. The van der Waals surface area contributed by atoms with Crippen molar-refractivity contribution in [2.75, 3.05) is 19.6 Å². The van der Waals surface area contributed by atoms with Crippen LogP contribution < -0.4 is 0 Å². The van der Waals surface area contributed by atoms with Crippen molar-refractivity contribution >= 4 is 22.8 Å². The second-order valence-corrected chi connectivity index (χ2v) is 9.83. The molecule has 3 aromatic rings. The first kappa shape index (κ1) is 21.3. The zero-order valence-electron chi connectivity index (χ0n) is 19.6. The minimum atomic E-state index is -0.697. The number of nitrogens with zero attached hydrogens (tertiary/aromatic N) is 4. The molecule has 6 nitrogen and oxygen atoms in total. The first-order chi connectivity index (χ1) is 16.6. The minimum Gasteiger partial charge on any atom is -0.310 e. The van der Waals surface area contributed by atoms with Crippen molar-refractivity contribution in [3.05, 3.63) is 77.5 Å². The standard InChI is InChI=1S/C28H30N4O2/c1-2-31-27(34)32(23-17-20-7-3-4-8-21(20)18-23)26(33)28(31)12-15-30(16-13-28)19-22-9-5-11-25-24(22)10-6-14-29-25/h3-11,14,23H,2,12-13,15-19H2,1H3. The summed E-state index contributed by atoms with van der Waals surface area (Å²) >= 11 is 0. The number of urea groups is 1. The quantitative estimate of drug-likeness (QED) is 0.559. The lowest BCUT2D eigenvalue weighted by Crippen LogP contribution is -2.56. The Morgan fingerprint density at radius 2 is 1.68 bits per heavy atom. The van der Waals surface area contributed by atoms with E-state index in [1.807, 2.05) is 42.3 Å². The molecule has 0 unspecified atom stereocenters. The molecular weight excluding hydrogens is 424 g/mol. The Hall–Kier alpha value is -3.25. The summed E-state index contributed by atoms with van der Waals surface area (Å²) in [5.41, 5.74) is 4.09. The van der Waals surface area contributed by atoms with Crippen molar-refractivity contribution in [2.24, 2.45) is 0 Å². The Kier molecular flexibility index (Phi) is 5.14. The van der Waals surface area contributed by atoms with E-state index in [4.69, 9.17) is 0 Å². The van der Waals surface area contributed by atoms with Crippen LogP contribution in [0.15, 0.2) is 60.8 Å². The van der Waals surface area contributed by atoms with E-state index >= 15 is 0 Å². The molecule has 1 spiro atoms. The Morgan fingerprint density at radius 3 is 2.38 bits per heavy atom. The number of likely N-dealkylation sites (N-methyl/N-ethyl adjacent to an activating group) is 1. The molecule has 1 aromatic heterocycles. The summed E-state index contributed by atoms with van der Waals surface area (Å²) in [6, 6.07) is 18.5. The molecule has 34 heavy (non-hydrogen) atoms. The molecule has 0 bridgehead atoms. The Bertz CT molecular complexity index is 1230. The second kappa shape index (κ2) is 8.20. The lowest BCUT2D eigenvalue weighted by molar-refractivity contribution is -0.137. The molecule has 1 aliphatic carbocycles. The van der Waals surface area contributed by atoms with Gasteiger partial charge in [-0.05, 0) is 61.4 Å². The lowest BCUT2D eigenvalue weighted by atomic mass is 9.85. The molecule has 6 heteroatoms. The van der Waals surface area contributed by atoms with Gasteiger partial charge in [0.05, 0.1) is 5.52 Å². The minimum absolute atomic E-state index is 0.0196. The van der Waals surface area contributed by atoms with Gasteiger partial charge < -0.3 is 4.90 Å². The van der Waals surface area contributed by atoms with Gasteiger partial charge in [0.2, 0.25) is 0 Å². The highest BCUT2D eigenvalue weighted by Crippen LogP contribution is 2.40. The van der Waals surface area contributed by atoms with Crippen LogP contribution >= 0.6 is 0 Å². The van der Waals surface area contributed by atoms with Crippen LogP contribution in [0.3, 0.4) is 0 Å². The summed E-state index contributed by atoms with van der Waals surface area (Å²) in [7, 11) is 0. The van der Waals surface area contributed by atoms with E-state index in [-0.39, 0.29) is 18.0 Å². The number of carbonyl (C=O) groups is 2. The summed E-state index contributed by atoms with van der Waals surface area (Å²) in [6.07, 6.45) is 4.73. The smallest absolute Gasteiger partial charge is 0.310 e. The van der Waals surface area contributed by atoms with E-state index in [0.29, 0.717) is 19.4 Å². The fraction of sp³-hybridized carbons (Fsp3) is 0.393. The Balaban J connectivity index is 1.20. The van der Waals surface area contributed by atoms with E-state index < -0.39 is 5.54 Å². The molecule has 0 atom stereocenters. The van der Waals surface area contributed by atoms with E-state index in [2.05, 4.69) is 40.2 Å². The summed E-state index contributed by atoms with van der Waals surface area (Å²) < 4.78 is 0. The van der Waals surface area contributed by atoms with Crippen LogP contribution in [0.4, 0.5) is 4.79 Å². The normalized spacial score (nSPS) is 20.6. The number of benzene rings is 2. The van der Waals surface area contributed by atoms with Gasteiger partial charge >= 0.3 is 6.03 Å². The molecule has 6 rings (SSSR count). The summed E-state index contributed by atoms with van der Waals surface area (Å²) in [6.45, 7) is 4.98. The number of imide groups is 1. The maximum atomic E-state index is 13.9. The van der Waals surface area contributed by atoms with Gasteiger partial charge in [-0.15, -0.1) is 0 Å². The van der Waals surface area contributed by atoms with Crippen molar-refractivity contribution in [1.82, 2.24) is 19.7 Å². The number of piperidine rings is 1. The molecule has 0 saturated carbocycles. The fourth-order valence-electron chi connectivity index (χ4n) is 6.33. The van der Waals surface area contributed by atoms with Gasteiger partial charge in [-0.2, -0.15) is 0 Å². The average Bonchev–Trinajstić information content (AvgIpc) is 3.37. The number of aromatic nitrogens is 1. The van der Waals surface area contributed by atoms with Crippen LogP contribution in [0.25, 0.3) is 10.9 Å². The van der Waals surface area contributed by atoms with E-state index in [0.717, 1.165) is 38.0 Å². The number of carbonyl (C=O) groups excluding carboxylic acids is 2. The summed E-state index contributed by atoms with van der Waals surface area (Å²) in [4.78, 5) is 37.7. The van der Waals surface area contributed by atoms with Crippen LogP contribution in [-0.2, 0) is 24.2 Å². The van der Waals surface area contributed by atoms with Gasteiger partial charge in [0, 0.05) is 43.8 Å². The molecule has 2 aliphatic heterocycles. The Morgan fingerprint density at radius 1 is 0.941 bits per heavy atom. The number of hydrogen-bond donors (Lipinski definition) is 0. The van der Waals surface area contributed by atoms with Gasteiger partial charge in [-0.25, -0.2) is 4.79 Å². The van der Waals surface area contributed by atoms with Gasteiger partial charge in [-0.1, -0.05) is 42.5 Å². The topological polar surface area (TPSA) is 56.8 Å². The van der Waals surface area contributed by atoms with Crippen molar-refractivity contribution in [1.29, 1.82) is 0 Å². The third-order valence-corrected chi connectivity index (χ3v) is 8.09. The SMILES string of the molecule is CCN1C(=O)N(C2Cc3ccccc3C2)C(=O)C12CCN(Cc1cccc3ncccc13)CC2. The van der Waals surface area contributed by atoms with Crippen molar-refractivity contribution in [3.8, 4) is 0 Å². The summed E-state index contributed by atoms with van der Waals surface area (Å²) in [5, 5.41) is 1.18. The molecule has 0 radical (unpaired) electrons. The van der Waals surface area contributed by atoms with Crippen LogP contribution in [0, 0.1) is 0 Å². The molecule has 3 amide bonds. The van der Waals surface area contributed by atoms with E-state index in [1.165, 1.54) is 22.1 Å². The molecule has 0 N–H and O–H groups in total. The van der Waals surface area contributed by atoms with E-state index in [1.54, 1.807) is 4.90 Å². The molecule has 2 fully saturated rings. The monoisotopic (exact) mass is 454 g/mol. The maximum absolute atomic E-state index is 13.9. The van der Waals surface area contributed by atoms with Crippen molar-refractivity contribution in [2.45, 2.75) is 50.7 Å². The molecule has 2 saturated heterocycles. The molecule has 3 aliphatic rings. The lowest BCUT2D eigenvalue weighted by Gasteiger charge is -2.42. The first-order valence-corrected chi connectivity index (χ1v) is 12.4. The van der Waals surface area contributed by atoms with Gasteiger partial charge in [-0.3, -0.25) is 19.6 Å². The number of rotatable bonds is 4. The maximum Gasteiger partial charge on any atom is 0.327 e. The van der Waals surface area contributed by atoms with Gasteiger partial charge in [0.1, 0.15) is 5.54 Å². The van der Waals surface area contributed by atoms with Gasteiger partial charge in [0.15, 0.2) is 0 Å². The third-order valence-electron chi connectivity index (χ3n) is 8.09. The molecule has 3 heterocycles. The first-order valence-electron chi connectivity index (χ1n) is 12.4. The third kappa shape index (κ3) is 3.23. The average molecular weight is 455 g/mol. The molecular formula is C28H30N4O2. The second-order valence-electron chi connectivity index (χ2n) is 9.83. The largest absolute Gasteiger partial charge is 0.327 e.